The lowest BCUT2D eigenvalue weighted by molar-refractivity contribution is -0.127. The normalized spacial score (nSPS) is 13.1. The van der Waals surface area contributed by atoms with Crippen molar-refractivity contribution in [3.63, 3.8) is 0 Å². The molecule has 1 unspecified atom stereocenters. The van der Waals surface area contributed by atoms with Crippen molar-refractivity contribution in [2.24, 2.45) is 5.73 Å². The summed E-state index contributed by atoms with van der Waals surface area (Å²) in [6.45, 7) is 8.04. The molecule has 0 fully saturated rings. The zero-order valence-electron chi connectivity index (χ0n) is 12.5. The number of nitrogens with one attached hydrogen (secondary N) is 1. The summed E-state index contributed by atoms with van der Waals surface area (Å²) in [5.41, 5.74) is 7.74. The molecule has 0 aliphatic rings. The fourth-order valence-corrected chi connectivity index (χ4v) is 2.09. The first-order valence-electron chi connectivity index (χ1n) is 7.13. The van der Waals surface area contributed by atoms with Gasteiger partial charge in [-0.1, -0.05) is 50.6 Å². The summed E-state index contributed by atoms with van der Waals surface area (Å²) >= 11 is 0. The molecule has 0 saturated heterocycles. The van der Waals surface area contributed by atoms with Gasteiger partial charge in [-0.05, 0) is 31.7 Å². The lowest BCUT2D eigenvalue weighted by atomic mass is 9.92. The fraction of sp³-hybridized carbons (Fsp3) is 0.562. The van der Waals surface area contributed by atoms with E-state index in [-0.39, 0.29) is 11.9 Å². The molecule has 1 amide bonds. The van der Waals surface area contributed by atoms with E-state index in [0.29, 0.717) is 12.8 Å². The van der Waals surface area contributed by atoms with Gasteiger partial charge in [-0.25, -0.2) is 0 Å². The van der Waals surface area contributed by atoms with Gasteiger partial charge in [0.25, 0.3) is 0 Å². The van der Waals surface area contributed by atoms with E-state index in [2.05, 4.69) is 43.4 Å². The van der Waals surface area contributed by atoms with Crippen LogP contribution in [0, 0.1) is 6.92 Å². The summed E-state index contributed by atoms with van der Waals surface area (Å²) in [4.78, 5) is 12.3. The van der Waals surface area contributed by atoms with Crippen LogP contribution in [0.5, 0.6) is 0 Å². The van der Waals surface area contributed by atoms with E-state index in [0.717, 1.165) is 12.0 Å². The molecular weight excluding hydrogens is 236 g/mol. The molecule has 1 atom stereocenters. The predicted octanol–water partition coefficient (Wildman–Crippen LogP) is 3.08. The Kier molecular flexibility index (Phi) is 5.55. The molecule has 0 heterocycles. The third kappa shape index (κ3) is 3.80. The Morgan fingerprint density at radius 3 is 2.16 bits per heavy atom. The first-order valence-corrected chi connectivity index (χ1v) is 7.13. The maximum atomic E-state index is 12.3. The zero-order chi connectivity index (χ0) is 14.5. The smallest absolute Gasteiger partial charge is 0.240 e. The second-order valence-electron chi connectivity index (χ2n) is 5.21. The number of hydrogen-bond donors (Lipinski definition) is 2. The number of hydrogen-bond acceptors (Lipinski definition) is 2. The SMILES string of the molecule is CCC(NC(=O)C(N)(CC)CC)c1ccc(C)cc1. The van der Waals surface area contributed by atoms with Crippen LogP contribution in [0.2, 0.25) is 0 Å². The van der Waals surface area contributed by atoms with E-state index >= 15 is 0 Å². The minimum absolute atomic E-state index is 0.0362. The topological polar surface area (TPSA) is 55.1 Å². The third-order valence-electron chi connectivity index (χ3n) is 3.91. The molecule has 3 nitrogen and oxygen atoms in total. The molecule has 3 N–H and O–H groups in total. The van der Waals surface area contributed by atoms with Gasteiger partial charge in [0, 0.05) is 0 Å². The van der Waals surface area contributed by atoms with Crippen LogP contribution in [-0.4, -0.2) is 11.4 Å². The molecule has 0 bridgehead atoms. The molecule has 1 aromatic rings. The van der Waals surface area contributed by atoms with Crippen molar-refractivity contribution in [1.29, 1.82) is 0 Å². The van der Waals surface area contributed by atoms with Gasteiger partial charge >= 0.3 is 0 Å². The first kappa shape index (κ1) is 15.7. The minimum atomic E-state index is -0.752. The van der Waals surface area contributed by atoms with Crippen molar-refractivity contribution in [3.8, 4) is 0 Å². The van der Waals surface area contributed by atoms with E-state index in [4.69, 9.17) is 5.73 Å². The number of rotatable bonds is 6. The van der Waals surface area contributed by atoms with Gasteiger partial charge in [0.2, 0.25) is 5.91 Å². The minimum Gasteiger partial charge on any atom is -0.348 e. The number of aryl methyl sites for hydroxylation is 1. The number of nitrogens with two attached hydrogens (primary N) is 1. The lowest BCUT2D eigenvalue weighted by Crippen LogP contribution is -2.53. The monoisotopic (exact) mass is 262 g/mol. The maximum Gasteiger partial charge on any atom is 0.240 e. The maximum absolute atomic E-state index is 12.3. The van der Waals surface area contributed by atoms with E-state index in [1.165, 1.54) is 5.56 Å². The number of carbonyl (C=O) groups excluding carboxylic acids is 1. The molecule has 0 spiro atoms. The Bertz CT molecular complexity index is 407. The van der Waals surface area contributed by atoms with Crippen molar-refractivity contribution < 1.29 is 4.79 Å². The van der Waals surface area contributed by atoms with Gasteiger partial charge in [0.05, 0.1) is 11.6 Å². The van der Waals surface area contributed by atoms with Crippen LogP contribution in [0.1, 0.15) is 57.2 Å². The van der Waals surface area contributed by atoms with E-state index < -0.39 is 5.54 Å². The van der Waals surface area contributed by atoms with Gasteiger partial charge < -0.3 is 11.1 Å². The highest BCUT2D eigenvalue weighted by Gasteiger charge is 2.31. The van der Waals surface area contributed by atoms with Crippen LogP contribution in [0.3, 0.4) is 0 Å². The van der Waals surface area contributed by atoms with Crippen molar-refractivity contribution in [1.82, 2.24) is 5.32 Å². The quantitative estimate of drug-likeness (QED) is 0.827. The Hall–Kier alpha value is -1.35. The Balaban J connectivity index is 2.83. The van der Waals surface area contributed by atoms with E-state index in [1.54, 1.807) is 0 Å². The Labute approximate surface area is 116 Å². The summed E-state index contributed by atoms with van der Waals surface area (Å²) in [5.74, 6) is -0.0510. The molecule has 106 valence electrons. The van der Waals surface area contributed by atoms with Crippen LogP contribution in [-0.2, 0) is 4.79 Å². The van der Waals surface area contributed by atoms with Crippen molar-refractivity contribution >= 4 is 5.91 Å². The third-order valence-corrected chi connectivity index (χ3v) is 3.91. The van der Waals surface area contributed by atoms with Crippen molar-refractivity contribution in [3.05, 3.63) is 35.4 Å². The molecular formula is C16H26N2O. The molecule has 19 heavy (non-hydrogen) atoms. The molecule has 0 aliphatic heterocycles. The highest BCUT2D eigenvalue weighted by atomic mass is 16.2. The molecule has 0 radical (unpaired) electrons. The Morgan fingerprint density at radius 2 is 1.74 bits per heavy atom. The molecule has 3 heteroatoms. The highest BCUT2D eigenvalue weighted by Crippen LogP contribution is 2.20. The Morgan fingerprint density at radius 1 is 1.21 bits per heavy atom. The van der Waals surface area contributed by atoms with E-state index in [9.17, 15) is 4.79 Å². The molecule has 0 aromatic heterocycles. The van der Waals surface area contributed by atoms with Gasteiger partial charge in [0.1, 0.15) is 0 Å². The van der Waals surface area contributed by atoms with Crippen molar-refractivity contribution in [2.45, 2.75) is 58.5 Å². The molecule has 1 rings (SSSR count). The first-order chi connectivity index (χ1) is 8.96. The standard InChI is InChI=1S/C16H26N2O/c1-5-14(13-10-8-12(4)9-11-13)18-15(19)16(17,6-2)7-3/h8-11,14H,5-7,17H2,1-4H3,(H,18,19). The largest absolute Gasteiger partial charge is 0.348 e. The number of carbonyl (C=O) groups is 1. The number of benzene rings is 1. The van der Waals surface area contributed by atoms with Crippen molar-refractivity contribution in [2.75, 3.05) is 0 Å². The molecule has 0 aliphatic carbocycles. The highest BCUT2D eigenvalue weighted by molar-refractivity contribution is 5.86. The molecule has 1 aromatic carbocycles. The molecule has 0 saturated carbocycles. The van der Waals surface area contributed by atoms with Gasteiger partial charge in [0.15, 0.2) is 0 Å². The van der Waals surface area contributed by atoms with Gasteiger partial charge in [-0.2, -0.15) is 0 Å². The van der Waals surface area contributed by atoms with E-state index in [1.807, 2.05) is 13.8 Å². The average Bonchev–Trinajstić information content (AvgIpc) is 2.44. The second kappa shape index (κ2) is 6.71. The second-order valence-corrected chi connectivity index (χ2v) is 5.21. The average molecular weight is 262 g/mol. The fourth-order valence-electron chi connectivity index (χ4n) is 2.09. The number of amides is 1. The van der Waals surface area contributed by atoms with Crippen LogP contribution in [0.15, 0.2) is 24.3 Å². The van der Waals surface area contributed by atoms with Crippen LogP contribution < -0.4 is 11.1 Å². The van der Waals surface area contributed by atoms with Gasteiger partial charge in [-0.3, -0.25) is 4.79 Å². The van der Waals surface area contributed by atoms with Crippen LogP contribution >= 0.6 is 0 Å². The summed E-state index contributed by atoms with van der Waals surface area (Å²) < 4.78 is 0. The summed E-state index contributed by atoms with van der Waals surface area (Å²) in [6, 6.07) is 8.31. The van der Waals surface area contributed by atoms with Crippen LogP contribution in [0.4, 0.5) is 0 Å². The summed E-state index contributed by atoms with van der Waals surface area (Å²) in [7, 11) is 0. The predicted molar refractivity (Wildman–Crippen MR) is 79.9 cm³/mol. The lowest BCUT2D eigenvalue weighted by Gasteiger charge is -2.28. The summed E-state index contributed by atoms with van der Waals surface area (Å²) in [6.07, 6.45) is 2.16. The summed E-state index contributed by atoms with van der Waals surface area (Å²) in [5, 5.41) is 3.08. The van der Waals surface area contributed by atoms with Gasteiger partial charge in [-0.15, -0.1) is 0 Å². The zero-order valence-corrected chi connectivity index (χ0v) is 12.5. The van der Waals surface area contributed by atoms with Crippen LogP contribution in [0.25, 0.3) is 0 Å².